The summed E-state index contributed by atoms with van der Waals surface area (Å²) in [6, 6.07) is 12.0. The Kier molecular flexibility index (Phi) is 3.25. The molecule has 0 saturated carbocycles. The maximum absolute atomic E-state index is 5.85. The molecule has 0 bridgehead atoms. The number of pyridine rings is 1. The van der Waals surface area contributed by atoms with Gasteiger partial charge in [0.2, 0.25) is 0 Å². The van der Waals surface area contributed by atoms with Gasteiger partial charge in [0.1, 0.15) is 18.0 Å². The van der Waals surface area contributed by atoms with E-state index in [-0.39, 0.29) is 0 Å². The summed E-state index contributed by atoms with van der Waals surface area (Å²) in [4.78, 5) is 4.36. The van der Waals surface area contributed by atoms with E-state index in [1.54, 1.807) is 0 Å². The summed E-state index contributed by atoms with van der Waals surface area (Å²) in [5.41, 5.74) is 3.09. The second-order valence-electron chi connectivity index (χ2n) is 4.38. The van der Waals surface area contributed by atoms with Gasteiger partial charge in [-0.15, -0.1) is 0 Å². The van der Waals surface area contributed by atoms with Crippen LogP contribution in [0.2, 0.25) is 0 Å². The molecule has 0 aliphatic carbocycles. The van der Waals surface area contributed by atoms with Crippen molar-refractivity contribution in [2.24, 2.45) is 0 Å². The molecule has 3 rings (SSSR count). The topological polar surface area (TPSA) is 26.5 Å². The summed E-state index contributed by atoms with van der Waals surface area (Å²) in [5, 5.41) is 0. The number of imidazole rings is 1. The van der Waals surface area contributed by atoms with E-state index in [9.17, 15) is 0 Å². The Morgan fingerprint density at radius 1 is 1.21 bits per heavy atom. The van der Waals surface area contributed by atoms with Crippen LogP contribution in [0.5, 0.6) is 5.75 Å². The van der Waals surface area contributed by atoms with Crippen molar-refractivity contribution in [1.82, 2.24) is 9.38 Å². The Bertz CT molecular complexity index is 721. The highest BCUT2D eigenvalue weighted by molar-refractivity contribution is 9.10. The molecule has 0 radical (unpaired) electrons. The molecule has 0 N–H and O–H groups in total. The van der Waals surface area contributed by atoms with Crippen molar-refractivity contribution in [3.63, 3.8) is 0 Å². The van der Waals surface area contributed by atoms with E-state index in [0.29, 0.717) is 6.61 Å². The third-order valence-electron chi connectivity index (χ3n) is 3.02. The van der Waals surface area contributed by atoms with E-state index in [1.807, 2.05) is 60.1 Å². The van der Waals surface area contributed by atoms with Gasteiger partial charge >= 0.3 is 0 Å². The molecule has 0 amide bonds. The number of benzene rings is 1. The Morgan fingerprint density at radius 2 is 2.05 bits per heavy atom. The van der Waals surface area contributed by atoms with Crippen molar-refractivity contribution in [2.45, 2.75) is 13.5 Å². The van der Waals surface area contributed by atoms with Crippen molar-refractivity contribution < 1.29 is 4.74 Å². The highest BCUT2D eigenvalue weighted by atomic mass is 79.9. The largest absolute Gasteiger partial charge is 0.487 e. The highest BCUT2D eigenvalue weighted by Gasteiger charge is 2.05. The number of rotatable bonds is 3. The number of fused-ring (bicyclic) bond motifs is 1. The monoisotopic (exact) mass is 316 g/mol. The summed E-state index contributed by atoms with van der Waals surface area (Å²) >= 11 is 3.47. The summed E-state index contributed by atoms with van der Waals surface area (Å²) in [5.74, 6) is 0.910. The number of aryl methyl sites for hydroxylation is 1. The van der Waals surface area contributed by atoms with Crippen LogP contribution in [-0.4, -0.2) is 9.38 Å². The van der Waals surface area contributed by atoms with Gasteiger partial charge in [-0.3, -0.25) is 4.40 Å². The maximum Gasteiger partial charge on any atom is 0.137 e. The SMILES string of the molecule is Cc1ccccc1OCc1cnc2ccc(Br)cn12. The lowest BCUT2D eigenvalue weighted by atomic mass is 10.2. The lowest BCUT2D eigenvalue weighted by Crippen LogP contribution is -2.00. The van der Waals surface area contributed by atoms with Gasteiger partial charge in [-0.2, -0.15) is 0 Å². The first-order valence-electron chi connectivity index (χ1n) is 6.04. The quantitative estimate of drug-likeness (QED) is 0.730. The van der Waals surface area contributed by atoms with Crippen molar-refractivity contribution in [3.05, 3.63) is 64.5 Å². The molecule has 0 atom stereocenters. The molecule has 0 aliphatic heterocycles. The predicted octanol–water partition coefficient (Wildman–Crippen LogP) is 3.98. The molecule has 1 aromatic carbocycles. The molecule has 96 valence electrons. The molecule has 3 aromatic rings. The van der Waals surface area contributed by atoms with E-state index in [0.717, 1.165) is 27.1 Å². The van der Waals surface area contributed by atoms with Crippen LogP contribution in [0.3, 0.4) is 0 Å². The minimum Gasteiger partial charge on any atom is -0.487 e. The van der Waals surface area contributed by atoms with Crippen LogP contribution in [-0.2, 0) is 6.61 Å². The fraction of sp³-hybridized carbons (Fsp3) is 0.133. The van der Waals surface area contributed by atoms with Gasteiger partial charge in [-0.25, -0.2) is 4.98 Å². The number of para-hydroxylation sites is 1. The van der Waals surface area contributed by atoms with Crippen molar-refractivity contribution in [1.29, 1.82) is 0 Å². The van der Waals surface area contributed by atoms with Gasteiger partial charge in [-0.05, 0) is 46.6 Å². The predicted molar refractivity (Wildman–Crippen MR) is 78.4 cm³/mol. The van der Waals surface area contributed by atoms with Gasteiger partial charge in [-0.1, -0.05) is 18.2 Å². The molecule has 2 aromatic heterocycles. The normalized spacial score (nSPS) is 10.8. The Balaban J connectivity index is 1.86. The number of ether oxygens (including phenoxy) is 1. The van der Waals surface area contributed by atoms with Crippen LogP contribution in [0, 0.1) is 6.92 Å². The second-order valence-corrected chi connectivity index (χ2v) is 5.29. The number of hydrogen-bond acceptors (Lipinski definition) is 2. The van der Waals surface area contributed by atoms with Gasteiger partial charge < -0.3 is 4.74 Å². The Labute approximate surface area is 120 Å². The second kappa shape index (κ2) is 5.05. The van der Waals surface area contributed by atoms with Crippen LogP contribution in [0.15, 0.2) is 53.3 Å². The zero-order valence-electron chi connectivity index (χ0n) is 10.5. The maximum atomic E-state index is 5.85. The lowest BCUT2D eigenvalue weighted by molar-refractivity contribution is 0.298. The van der Waals surface area contributed by atoms with Crippen LogP contribution in [0.4, 0.5) is 0 Å². The fourth-order valence-electron chi connectivity index (χ4n) is 1.98. The van der Waals surface area contributed by atoms with Gasteiger partial charge in [0.15, 0.2) is 0 Å². The van der Waals surface area contributed by atoms with Crippen molar-refractivity contribution in [2.75, 3.05) is 0 Å². The minimum absolute atomic E-state index is 0.502. The van der Waals surface area contributed by atoms with Crippen LogP contribution in [0.25, 0.3) is 5.65 Å². The highest BCUT2D eigenvalue weighted by Crippen LogP contribution is 2.19. The van der Waals surface area contributed by atoms with Crippen LogP contribution >= 0.6 is 15.9 Å². The molecule has 19 heavy (non-hydrogen) atoms. The van der Waals surface area contributed by atoms with Crippen LogP contribution in [0.1, 0.15) is 11.3 Å². The number of nitrogens with zero attached hydrogens (tertiary/aromatic N) is 2. The first kappa shape index (κ1) is 12.2. The zero-order valence-corrected chi connectivity index (χ0v) is 12.1. The van der Waals surface area contributed by atoms with E-state index in [4.69, 9.17) is 4.74 Å². The van der Waals surface area contributed by atoms with E-state index in [1.165, 1.54) is 0 Å². The van der Waals surface area contributed by atoms with Crippen molar-refractivity contribution >= 4 is 21.6 Å². The first-order chi connectivity index (χ1) is 9.24. The molecule has 3 nitrogen and oxygen atoms in total. The first-order valence-corrected chi connectivity index (χ1v) is 6.83. The lowest BCUT2D eigenvalue weighted by Gasteiger charge is -2.08. The third-order valence-corrected chi connectivity index (χ3v) is 3.48. The van der Waals surface area contributed by atoms with E-state index < -0.39 is 0 Å². The molecule has 0 saturated heterocycles. The Hall–Kier alpha value is -1.81. The standard InChI is InChI=1S/C15H13BrN2O/c1-11-4-2-3-5-14(11)19-10-13-8-17-15-7-6-12(16)9-18(13)15/h2-9H,10H2,1H3. The van der Waals surface area contributed by atoms with Gasteiger partial charge in [0, 0.05) is 10.7 Å². The van der Waals surface area contributed by atoms with E-state index in [2.05, 4.69) is 20.9 Å². The molecule has 0 fully saturated rings. The average Bonchev–Trinajstić information content (AvgIpc) is 2.80. The van der Waals surface area contributed by atoms with Crippen LogP contribution < -0.4 is 4.74 Å². The molecule has 0 spiro atoms. The molecule has 0 aliphatic rings. The summed E-state index contributed by atoms with van der Waals surface area (Å²) in [6.07, 6.45) is 3.85. The molecule has 4 heteroatoms. The molecular weight excluding hydrogens is 304 g/mol. The summed E-state index contributed by atoms with van der Waals surface area (Å²) < 4.78 is 8.91. The zero-order chi connectivity index (χ0) is 13.2. The number of hydrogen-bond donors (Lipinski definition) is 0. The minimum atomic E-state index is 0.502. The van der Waals surface area contributed by atoms with Crippen molar-refractivity contribution in [3.8, 4) is 5.75 Å². The molecule has 0 unspecified atom stereocenters. The Morgan fingerprint density at radius 3 is 2.89 bits per heavy atom. The van der Waals surface area contributed by atoms with Gasteiger partial charge in [0.05, 0.1) is 11.9 Å². The smallest absolute Gasteiger partial charge is 0.137 e. The average molecular weight is 317 g/mol. The summed E-state index contributed by atoms with van der Waals surface area (Å²) in [6.45, 7) is 2.54. The number of halogens is 1. The molecular formula is C15H13BrN2O. The number of aromatic nitrogens is 2. The fourth-order valence-corrected chi connectivity index (χ4v) is 2.32. The summed E-state index contributed by atoms with van der Waals surface area (Å²) in [7, 11) is 0. The van der Waals surface area contributed by atoms with E-state index >= 15 is 0 Å². The third kappa shape index (κ3) is 2.49. The molecule has 2 heterocycles. The van der Waals surface area contributed by atoms with Gasteiger partial charge in [0.25, 0.3) is 0 Å².